The van der Waals surface area contributed by atoms with E-state index in [2.05, 4.69) is 78.3 Å². The molecule has 3 aromatic carbocycles. The van der Waals surface area contributed by atoms with Gasteiger partial charge in [-0.25, -0.2) is 9.59 Å². The van der Waals surface area contributed by atoms with Gasteiger partial charge in [0, 0.05) is 56.2 Å². The highest BCUT2D eigenvalue weighted by Crippen LogP contribution is 2.47. The number of fused-ring (bicyclic) bond motifs is 1. The number of carbonyl (C=O) groups is 2. The molecule has 0 aromatic heterocycles. The molecule has 1 saturated heterocycles. The number of aromatic carboxylic acids is 2. The Morgan fingerprint density at radius 2 is 1.65 bits per heavy atom. The summed E-state index contributed by atoms with van der Waals surface area (Å²) in [6, 6.07) is 20.3. The number of aryl methyl sites for hydroxylation is 1. The van der Waals surface area contributed by atoms with E-state index in [-0.39, 0.29) is 17.2 Å². The molecule has 3 atom stereocenters. The van der Waals surface area contributed by atoms with Gasteiger partial charge in [-0.3, -0.25) is 4.90 Å². The zero-order valence-corrected chi connectivity index (χ0v) is 29.7. The van der Waals surface area contributed by atoms with Gasteiger partial charge in [0.15, 0.2) is 0 Å². The number of phenolic OH excluding ortho intramolecular Hbond substituents is 1. The largest absolute Gasteiger partial charge is 0.508 e. The van der Waals surface area contributed by atoms with Crippen LogP contribution < -0.4 is 9.64 Å². The zero-order valence-electron chi connectivity index (χ0n) is 29.7. The van der Waals surface area contributed by atoms with Crippen LogP contribution in [0.25, 0.3) is 0 Å². The van der Waals surface area contributed by atoms with Crippen LogP contribution in [-0.2, 0) is 6.42 Å². The fraction of sp³-hybridized carbons (Fsp3) is 0.442. The van der Waals surface area contributed by atoms with Crippen molar-refractivity contribution in [2.45, 2.75) is 82.9 Å². The van der Waals surface area contributed by atoms with Gasteiger partial charge in [0.1, 0.15) is 17.6 Å². The minimum Gasteiger partial charge on any atom is -0.508 e. The smallest absolute Gasteiger partial charge is 0.336 e. The summed E-state index contributed by atoms with van der Waals surface area (Å²) in [5.74, 6) is 0.210. The lowest BCUT2D eigenvalue weighted by atomic mass is 9.66. The number of hydrogen-bond acceptors (Lipinski definition) is 6. The molecule has 2 fully saturated rings. The Kier molecular flexibility index (Phi) is 10.2. The van der Waals surface area contributed by atoms with E-state index in [1.54, 1.807) is 6.07 Å². The second kappa shape index (κ2) is 15.0. The van der Waals surface area contributed by atoms with Crippen molar-refractivity contribution in [2.24, 2.45) is 17.8 Å². The molecule has 1 heterocycles. The first kappa shape index (κ1) is 34.9. The molecule has 8 nitrogen and oxygen atoms in total. The number of nitrogens with zero attached hydrogens (tertiary/aromatic N) is 2. The number of carboxylic acids is 2. The molecule has 51 heavy (non-hydrogen) atoms. The van der Waals surface area contributed by atoms with Crippen molar-refractivity contribution in [1.82, 2.24) is 4.90 Å². The predicted octanol–water partition coefficient (Wildman–Crippen LogP) is 8.15. The highest BCUT2D eigenvalue weighted by molar-refractivity contribution is 6.02. The Labute approximate surface area is 301 Å². The normalized spacial score (nSPS) is 24.7. The van der Waals surface area contributed by atoms with Crippen LogP contribution in [-0.4, -0.2) is 70.0 Å². The van der Waals surface area contributed by atoms with Crippen molar-refractivity contribution in [3.05, 3.63) is 113 Å². The number of anilines is 1. The molecule has 3 aliphatic carbocycles. The maximum absolute atomic E-state index is 11.6. The molecule has 1 saturated carbocycles. The number of phenols is 1. The van der Waals surface area contributed by atoms with Gasteiger partial charge in [0.25, 0.3) is 0 Å². The summed E-state index contributed by atoms with van der Waals surface area (Å²) < 4.78 is 6.09. The quantitative estimate of drug-likeness (QED) is 0.185. The lowest BCUT2D eigenvalue weighted by Gasteiger charge is -2.46. The molecule has 0 amide bonds. The molecular weight excluding hydrogens is 640 g/mol. The van der Waals surface area contributed by atoms with Crippen LogP contribution in [0.2, 0.25) is 0 Å². The minimum atomic E-state index is -1.27. The monoisotopic (exact) mass is 690 g/mol. The molecule has 3 aromatic rings. The van der Waals surface area contributed by atoms with E-state index < -0.39 is 11.9 Å². The van der Waals surface area contributed by atoms with E-state index in [0.29, 0.717) is 47.3 Å². The van der Waals surface area contributed by atoms with Gasteiger partial charge in [-0.05, 0) is 123 Å². The fourth-order valence-corrected chi connectivity index (χ4v) is 9.04. The zero-order chi connectivity index (χ0) is 35.6. The van der Waals surface area contributed by atoms with Gasteiger partial charge in [0.05, 0.1) is 11.1 Å². The average Bonchev–Trinajstić information content (AvgIpc) is 3.12. The van der Waals surface area contributed by atoms with E-state index in [9.17, 15) is 24.9 Å². The molecule has 8 heteroatoms. The minimum absolute atomic E-state index is 0.0149. The number of aromatic hydroxyl groups is 1. The maximum atomic E-state index is 11.6. The summed E-state index contributed by atoms with van der Waals surface area (Å²) in [5, 5.41) is 29.0. The van der Waals surface area contributed by atoms with Crippen LogP contribution in [0.4, 0.5) is 5.69 Å². The summed E-state index contributed by atoms with van der Waals surface area (Å²) in [6.45, 7) is 7.65. The molecule has 268 valence electrons. The van der Waals surface area contributed by atoms with Crippen molar-refractivity contribution in [3.63, 3.8) is 0 Å². The number of hydrogen-bond donors (Lipinski definition) is 3. The van der Waals surface area contributed by atoms with Crippen molar-refractivity contribution in [1.29, 1.82) is 0 Å². The highest BCUT2D eigenvalue weighted by Gasteiger charge is 2.38. The van der Waals surface area contributed by atoms with Crippen LogP contribution in [0.15, 0.2) is 85.0 Å². The topological polar surface area (TPSA) is 111 Å². The molecule has 0 spiro atoms. The molecule has 0 radical (unpaired) electrons. The molecule has 0 bridgehead atoms. The number of piperidine rings is 1. The third-order valence-corrected chi connectivity index (χ3v) is 11.9. The van der Waals surface area contributed by atoms with Crippen molar-refractivity contribution >= 4 is 17.6 Å². The molecule has 4 aliphatic rings. The first-order valence-corrected chi connectivity index (χ1v) is 18.7. The Morgan fingerprint density at radius 1 is 0.902 bits per heavy atom. The SMILES string of the molecule is CC(C)N(CC1CCN(c2ccc([C@@H]3c4ccc(O)cc4CC[C@@H]3C3C=CC=CC3)cc2)CC1)C1CC(Oc2ccc(C(=O)O)c(C(=O)O)c2)C1. The fourth-order valence-electron chi connectivity index (χ4n) is 9.04. The maximum Gasteiger partial charge on any atom is 0.336 e. The van der Waals surface area contributed by atoms with Gasteiger partial charge >= 0.3 is 11.9 Å². The lowest BCUT2D eigenvalue weighted by Crippen LogP contribution is -2.53. The molecule has 1 aliphatic heterocycles. The number of rotatable bonds is 11. The van der Waals surface area contributed by atoms with Crippen molar-refractivity contribution in [3.8, 4) is 11.5 Å². The van der Waals surface area contributed by atoms with Crippen LogP contribution in [0.5, 0.6) is 11.5 Å². The molecule has 1 unspecified atom stereocenters. The van der Waals surface area contributed by atoms with Crippen LogP contribution >= 0.6 is 0 Å². The van der Waals surface area contributed by atoms with Crippen LogP contribution in [0.3, 0.4) is 0 Å². The third kappa shape index (κ3) is 7.57. The van der Waals surface area contributed by atoms with E-state index in [4.69, 9.17) is 4.74 Å². The predicted molar refractivity (Wildman–Crippen MR) is 199 cm³/mol. The highest BCUT2D eigenvalue weighted by atomic mass is 16.5. The van der Waals surface area contributed by atoms with Gasteiger partial charge < -0.3 is 25.0 Å². The van der Waals surface area contributed by atoms with Gasteiger partial charge in [0.2, 0.25) is 0 Å². The van der Waals surface area contributed by atoms with Gasteiger partial charge in [-0.15, -0.1) is 0 Å². The first-order chi connectivity index (χ1) is 24.6. The molecular formula is C43H50N2O6. The molecule has 7 rings (SSSR count). The van der Waals surface area contributed by atoms with Crippen LogP contribution in [0, 0.1) is 17.8 Å². The Bertz CT molecular complexity index is 1780. The summed E-state index contributed by atoms with van der Waals surface area (Å²) in [5.41, 5.74) is 4.81. The van der Waals surface area contributed by atoms with Gasteiger partial charge in [-0.1, -0.05) is 42.5 Å². The van der Waals surface area contributed by atoms with E-state index >= 15 is 0 Å². The first-order valence-electron chi connectivity index (χ1n) is 18.7. The third-order valence-electron chi connectivity index (χ3n) is 11.9. The van der Waals surface area contributed by atoms with Gasteiger partial charge in [-0.2, -0.15) is 0 Å². The van der Waals surface area contributed by atoms with Crippen LogP contribution in [0.1, 0.15) is 95.7 Å². The van der Waals surface area contributed by atoms with E-state index in [1.165, 1.54) is 34.5 Å². The number of ether oxygens (including phenoxy) is 1. The number of benzene rings is 3. The van der Waals surface area contributed by atoms with Crippen molar-refractivity contribution in [2.75, 3.05) is 24.5 Å². The number of carboxylic acid groups (broad SMARTS) is 2. The summed E-state index contributed by atoms with van der Waals surface area (Å²) in [7, 11) is 0. The number of allylic oxidation sites excluding steroid dienone is 4. The Hall–Kier alpha value is -4.56. The standard InChI is InChI=1S/C43H50N2O6/c1-27(2)45(33-23-36(24-33)51-35-14-17-39(42(47)48)40(25-35)43(49)50)26-28-18-20-44(21-19-28)32-11-8-30(9-12-32)41-37(29-6-4-3-5-7-29)15-10-31-22-34(46)13-16-38(31)41/h3-6,8-9,11-14,16-17,22,25,27-29,33,36-37,41,46H,7,10,15,18-21,23-24,26H2,1-2H3,(H,47,48)(H,49,50)/t29?,33?,36?,37-,41+/m1/s1. The summed E-state index contributed by atoms with van der Waals surface area (Å²) >= 11 is 0. The van der Waals surface area contributed by atoms with E-state index in [0.717, 1.165) is 64.6 Å². The Morgan fingerprint density at radius 3 is 2.31 bits per heavy atom. The van der Waals surface area contributed by atoms with E-state index in [1.807, 2.05) is 12.1 Å². The average molecular weight is 691 g/mol. The Balaban J connectivity index is 0.945. The lowest BCUT2D eigenvalue weighted by molar-refractivity contribution is -0.00663. The molecule has 3 N–H and O–H groups in total. The summed E-state index contributed by atoms with van der Waals surface area (Å²) in [4.78, 5) is 28.1. The second-order valence-corrected chi connectivity index (χ2v) is 15.3. The summed E-state index contributed by atoms with van der Waals surface area (Å²) in [6.07, 6.45) is 16.3. The van der Waals surface area contributed by atoms with Crippen molar-refractivity contribution < 1.29 is 29.6 Å². The second-order valence-electron chi connectivity index (χ2n) is 15.3.